The zero-order valence-electron chi connectivity index (χ0n) is 15.4. The van der Waals surface area contributed by atoms with Crippen LogP contribution in [0.4, 0.5) is 0 Å². The van der Waals surface area contributed by atoms with Crippen LogP contribution in [-0.2, 0) is 4.43 Å². The van der Waals surface area contributed by atoms with Crippen LogP contribution < -0.4 is 0 Å². The fraction of sp³-hybridized carbons (Fsp3) is 0.900. The van der Waals surface area contributed by atoms with Crippen molar-refractivity contribution in [2.45, 2.75) is 103 Å². The highest BCUT2D eigenvalue weighted by molar-refractivity contribution is 6.24. The number of hydrogen-bond donors (Lipinski definition) is 0. The van der Waals surface area contributed by atoms with Crippen LogP contribution in [0.15, 0.2) is 12.7 Å². The maximum atomic E-state index is 5.72. The maximum absolute atomic E-state index is 5.72. The second-order valence-corrected chi connectivity index (χ2v) is 7.27. The van der Waals surface area contributed by atoms with Gasteiger partial charge in [-0.05, 0) is 38.1 Å². The smallest absolute Gasteiger partial charge is 0.226 e. The van der Waals surface area contributed by atoms with Crippen molar-refractivity contribution >= 4 is 9.76 Å². The highest BCUT2D eigenvalue weighted by Gasteiger charge is 2.08. The Kier molecular flexibility index (Phi) is 18.9. The molecule has 0 fully saturated rings. The van der Waals surface area contributed by atoms with E-state index in [-0.39, 0.29) is 0 Å². The average Bonchev–Trinajstić information content (AvgIpc) is 2.54. The monoisotopic (exact) mass is 324 g/mol. The fourth-order valence-electron chi connectivity index (χ4n) is 2.98. The van der Waals surface area contributed by atoms with Crippen molar-refractivity contribution in [3.05, 3.63) is 12.7 Å². The summed E-state index contributed by atoms with van der Waals surface area (Å²) in [5, 5.41) is 0. The largest absolute Gasteiger partial charge is 0.417 e. The first-order chi connectivity index (χ1) is 10.8. The van der Waals surface area contributed by atoms with Crippen molar-refractivity contribution in [2.75, 3.05) is 6.61 Å². The molecular weight excluding hydrogens is 284 g/mol. The molecule has 0 aromatic rings. The molecular formula is C20H40OSi. The van der Waals surface area contributed by atoms with Gasteiger partial charge < -0.3 is 4.43 Å². The van der Waals surface area contributed by atoms with Gasteiger partial charge in [0.1, 0.15) is 0 Å². The summed E-state index contributed by atoms with van der Waals surface area (Å²) in [6.07, 6.45) is 21.3. The first-order valence-corrected chi connectivity index (χ1v) is 11.1. The molecule has 0 aliphatic carbocycles. The van der Waals surface area contributed by atoms with Crippen LogP contribution in [0.5, 0.6) is 0 Å². The van der Waals surface area contributed by atoms with Gasteiger partial charge in [0.05, 0.1) is 0 Å². The van der Waals surface area contributed by atoms with Crippen molar-refractivity contribution in [2.24, 2.45) is 5.92 Å². The lowest BCUT2D eigenvalue weighted by Crippen LogP contribution is -2.11. The maximum Gasteiger partial charge on any atom is 0.226 e. The molecule has 0 heterocycles. The standard InChI is InChI=1S/C20H40OSi/c1-4-6-8-10-12-14-16-18-20(19-21-22-3)17-15-13-11-9-7-5-2/h4,20H,1,5-19H2,2-3H3. The molecule has 130 valence electrons. The van der Waals surface area contributed by atoms with Crippen molar-refractivity contribution in [1.29, 1.82) is 0 Å². The molecule has 0 aromatic carbocycles. The van der Waals surface area contributed by atoms with Crippen LogP contribution in [0.1, 0.15) is 96.8 Å². The van der Waals surface area contributed by atoms with Gasteiger partial charge in [-0.1, -0.05) is 77.2 Å². The van der Waals surface area contributed by atoms with E-state index in [1.54, 1.807) is 0 Å². The third kappa shape index (κ3) is 16.3. The summed E-state index contributed by atoms with van der Waals surface area (Å²) in [5.74, 6) is 0.812. The molecule has 2 heteroatoms. The summed E-state index contributed by atoms with van der Waals surface area (Å²) in [5.41, 5.74) is 0. The van der Waals surface area contributed by atoms with Gasteiger partial charge in [-0.15, -0.1) is 6.58 Å². The summed E-state index contributed by atoms with van der Waals surface area (Å²) < 4.78 is 5.72. The van der Waals surface area contributed by atoms with Crippen LogP contribution in [0, 0.1) is 5.92 Å². The van der Waals surface area contributed by atoms with Crippen LogP contribution in [0.2, 0.25) is 6.55 Å². The SMILES string of the molecule is C=CCCCCCCCC(CCCCCCCC)CO[Si]C. The normalized spacial score (nSPS) is 12.5. The first-order valence-electron chi connectivity index (χ1n) is 9.74. The van der Waals surface area contributed by atoms with E-state index in [9.17, 15) is 0 Å². The lowest BCUT2D eigenvalue weighted by Gasteiger charge is -2.16. The quantitative estimate of drug-likeness (QED) is 0.150. The lowest BCUT2D eigenvalue weighted by atomic mass is 9.95. The van der Waals surface area contributed by atoms with Gasteiger partial charge in [-0.2, -0.15) is 0 Å². The van der Waals surface area contributed by atoms with E-state index in [2.05, 4.69) is 20.0 Å². The van der Waals surface area contributed by atoms with E-state index in [1.165, 1.54) is 89.9 Å². The molecule has 22 heavy (non-hydrogen) atoms. The molecule has 0 saturated carbocycles. The molecule has 0 spiro atoms. The summed E-state index contributed by atoms with van der Waals surface area (Å²) in [6.45, 7) is 9.21. The fourth-order valence-corrected chi connectivity index (χ4v) is 3.38. The molecule has 1 nitrogen and oxygen atoms in total. The predicted octanol–water partition coefficient (Wildman–Crippen LogP) is 6.95. The Bertz CT molecular complexity index is 218. The van der Waals surface area contributed by atoms with E-state index < -0.39 is 0 Å². The van der Waals surface area contributed by atoms with Crippen molar-refractivity contribution < 1.29 is 4.43 Å². The third-order valence-corrected chi connectivity index (χ3v) is 4.91. The number of hydrogen-bond acceptors (Lipinski definition) is 1. The zero-order valence-corrected chi connectivity index (χ0v) is 16.4. The van der Waals surface area contributed by atoms with Gasteiger partial charge >= 0.3 is 0 Å². The van der Waals surface area contributed by atoms with Crippen molar-refractivity contribution in [3.8, 4) is 0 Å². The van der Waals surface area contributed by atoms with Gasteiger partial charge in [0, 0.05) is 6.61 Å². The van der Waals surface area contributed by atoms with Crippen LogP contribution in [0.25, 0.3) is 0 Å². The summed E-state index contributed by atoms with van der Waals surface area (Å²) in [6, 6.07) is 0. The molecule has 1 atom stereocenters. The molecule has 0 amide bonds. The molecule has 1 unspecified atom stereocenters. The van der Waals surface area contributed by atoms with Crippen LogP contribution >= 0.6 is 0 Å². The Morgan fingerprint density at radius 3 is 1.95 bits per heavy atom. The molecule has 0 saturated heterocycles. The van der Waals surface area contributed by atoms with E-state index in [4.69, 9.17) is 4.43 Å². The molecule has 0 N–H and O–H groups in total. The van der Waals surface area contributed by atoms with E-state index in [1.807, 2.05) is 6.08 Å². The minimum atomic E-state index is 0.652. The summed E-state index contributed by atoms with van der Waals surface area (Å²) in [4.78, 5) is 0. The number of allylic oxidation sites excluding steroid dienone is 1. The number of rotatable bonds is 18. The van der Waals surface area contributed by atoms with Crippen LogP contribution in [0.3, 0.4) is 0 Å². The lowest BCUT2D eigenvalue weighted by molar-refractivity contribution is 0.234. The predicted molar refractivity (Wildman–Crippen MR) is 102 cm³/mol. The van der Waals surface area contributed by atoms with E-state index in [0.717, 1.165) is 12.5 Å². The Labute approximate surface area is 143 Å². The molecule has 0 aliphatic rings. The second kappa shape index (κ2) is 19.0. The minimum Gasteiger partial charge on any atom is -0.417 e. The van der Waals surface area contributed by atoms with E-state index in [0.29, 0.717) is 9.76 Å². The number of unbranched alkanes of at least 4 members (excludes halogenated alkanes) is 10. The van der Waals surface area contributed by atoms with Crippen LogP contribution in [-0.4, -0.2) is 16.4 Å². The summed E-state index contributed by atoms with van der Waals surface area (Å²) >= 11 is 0. The Morgan fingerprint density at radius 2 is 1.41 bits per heavy atom. The zero-order chi connectivity index (χ0) is 16.3. The average molecular weight is 325 g/mol. The molecule has 0 bridgehead atoms. The van der Waals surface area contributed by atoms with Gasteiger partial charge in [0.15, 0.2) is 0 Å². The third-order valence-electron chi connectivity index (χ3n) is 4.45. The van der Waals surface area contributed by atoms with Crippen molar-refractivity contribution in [3.63, 3.8) is 0 Å². The van der Waals surface area contributed by atoms with Gasteiger partial charge in [-0.25, -0.2) is 0 Å². The topological polar surface area (TPSA) is 9.23 Å². The Hall–Kier alpha value is -0.0831. The highest BCUT2D eigenvalue weighted by atomic mass is 28.2. The Morgan fingerprint density at radius 1 is 0.864 bits per heavy atom. The summed E-state index contributed by atoms with van der Waals surface area (Å²) in [7, 11) is 0.652. The molecule has 2 radical (unpaired) electrons. The molecule has 0 aliphatic heterocycles. The second-order valence-electron chi connectivity index (χ2n) is 6.57. The molecule has 0 rings (SSSR count). The molecule has 0 aromatic heterocycles. The van der Waals surface area contributed by atoms with E-state index >= 15 is 0 Å². The Balaban J connectivity index is 3.58. The van der Waals surface area contributed by atoms with Gasteiger partial charge in [0.25, 0.3) is 0 Å². The van der Waals surface area contributed by atoms with Crippen molar-refractivity contribution in [1.82, 2.24) is 0 Å². The highest BCUT2D eigenvalue weighted by Crippen LogP contribution is 2.19. The minimum absolute atomic E-state index is 0.652. The van der Waals surface area contributed by atoms with Gasteiger partial charge in [-0.3, -0.25) is 0 Å². The first kappa shape index (κ1) is 21.9. The van der Waals surface area contributed by atoms with Gasteiger partial charge in [0.2, 0.25) is 9.76 Å².